The standard InChI is InChI=1S/C26H31F5N6O3.C2H6/c1-5-12(2)40-23-16-21(36-24(39-11-25(38)6-7-25)37-22(16)34-9-8-33-4)19(28)20(35-23)14-10-15(32)18(27)13(3)17(14)26(29,30)31;1-2/h10,12,33,38H,5-9,11,32H2,1-4H3,(H,34,36,37);1-2H3. The maximum Gasteiger partial charge on any atom is 0.417 e. The summed E-state index contributed by atoms with van der Waals surface area (Å²) in [7, 11) is 1.73. The molecule has 0 amide bonds. The van der Waals surface area contributed by atoms with Crippen LogP contribution in [0.15, 0.2) is 6.07 Å². The van der Waals surface area contributed by atoms with Crippen LogP contribution in [0.1, 0.15) is 58.1 Å². The van der Waals surface area contributed by atoms with Gasteiger partial charge in [0.25, 0.3) is 0 Å². The van der Waals surface area contributed by atoms with E-state index in [2.05, 4.69) is 25.6 Å². The number of benzene rings is 1. The normalized spacial score (nSPS) is 14.7. The third-order valence-corrected chi connectivity index (χ3v) is 6.65. The summed E-state index contributed by atoms with van der Waals surface area (Å²) in [6, 6.07) is 0.388. The summed E-state index contributed by atoms with van der Waals surface area (Å²) in [5, 5.41) is 16.1. The van der Waals surface area contributed by atoms with Crippen LogP contribution in [-0.4, -0.2) is 58.5 Å². The number of nitrogens with two attached hydrogens (primary N) is 1. The zero-order valence-electron chi connectivity index (χ0n) is 24.5. The Morgan fingerprint density at radius 2 is 1.79 bits per heavy atom. The van der Waals surface area contributed by atoms with Crippen molar-refractivity contribution < 1.29 is 36.5 Å². The van der Waals surface area contributed by atoms with Gasteiger partial charge in [0.1, 0.15) is 34.8 Å². The maximum atomic E-state index is 16.3. The number of ether oxygens (including phenoxy) is 2. The predicted molar refractivity (Wildman–Crippen MR) is 151 cm³/mol. The number of pyridine rings is 1. The molecular weight excluding hydrogens is 563 g/mol. The highest BCUT2D eigenvalue weighted by molar-refractivity contribution is 5.96. The van der Waals surface area contributed by atoms with Crippen molar-refractivity contribution in [1.82, 2.24) is 20.3 Å². The van der Waals surface area contributed by atoms with Crippen LogP contribution in [0.2, 0.25) is 0 Å². The van der Waals surface area contributed by atoms with E-state index in [0.29, 0.717) is 38.4 Å². The van der Waals surface area contributed by atoms with Crippen LogP contribution < -0.4 is 25.8 Å². The van der Waals surface area contributed by atoms with Crippen LogP contribution in [0.4, 0.5) is 33.5 Å². The molecule has 1 aliphatic rings. The Bertz CT molecular complexity index is 1420. The Morgan fingerprint density at radius 1 is 1.12 bits per heavy atom. The number of hydrogen-bond acceptors (Lipinski definition) is 9. The van der Waals surface area contributed by atoms with Gasteiger partial charge in [-0.15, -0.1) is 0 Å². The van der Waals surface area contributed by atoms with Crippen molar-refractivity contribution in [2.45, 2.75) is 71.8 Å². The number of alkyl halides is 3. The Kier molecular flexibility index (Phi) is 10.4. The lowest BCUT2D eigenvalue weighted by atomic mass is 9.96. The smallest absolute Gasteiger partial charge is 0.417 e. The molecule has 0 aliphatic heterocycles. The lowest BCUT2D eigenvalue weighted by Crippen LogP contribution is -2.21. The SMILES string of the molecule is CC.CCC(C)Oc1nc(-c2cc(N)c(F)c(C)c2C(F)(F)F)c(F)c2nc(OCC3(O)CC3)nc(NCCNC)c12. The molecule has 1 aliphatic carbocycles. The number of nitrogen functional groups attached to an aromatic ring is 1. The molecule has 1 saturated carbocycles. The Labute approximate surface area is 241 Å². The average Bonchev–Trinajstić information content (AvgIpc) is 3.69. The number of rotatable bonds is 11. The number of fused-ring (bicyclic) bond motifs is 1. The van der Waals surface area contributed by atoms with E-state index >= 15 is 4.39 Å². The zero-order chi connectivity index (χ0) is 31.4. The number of halogens is 5. The number of aliphatic hydroxyl groups is 1. The van der Waals surface area contributed by atoms with Gasteiger partial charge in [-0.05, 0) is 51.8 Å². The van der Waals surface area contributed by atoms with Gasteiger partial charge >= 0.3 is 12.2 Å². The Morgan fingerprint density at radius 3 is 2.36 bits per heavy atom. The molecule has 1 fully saturated rings. The molecule has 9 nitrogen and oxygen atoms in total. The average molecular weight is 601 g/mol. The third-order valence-electron chi connectivity index (χ3n) is 6.65. The van der Waals surface area contributed by atoms with Gasteiger partial charge in [-0.25, -0.2) is 13.8 Å². The van der Waals surface area contributed by atoms with E-state index in [1.807, 2.05) is 20.8 Å². The summed E-state index contributed by atoms with van der Waals surface area (Å²) in [4.78, 5) is 12.6. The fraction of sp³-hybridized carbons (Fsp3) is 0.536. The molecule has 0 spiro atoms. The van der Waals surface area contributed by atoms with Gasteiger partial charge in [0.2, 0.25) is 5.88 Å². The first-order valence-corrected chi connectivity index (χ1v) is 13.8. The van der Waals surface area contributed by atoms with Crippen molar-refractivity contribution in [3.63, 3.8) is 0 Å². The number of anilines is 2. The Hall–Kier alpha value is -3.52. The fourth-order valence-electron chi connectivity index (χ4n) is 4.02. The minimum absolute atomic E-state index is 0.0181. The molecule has 0 radical (unpaired) electrons. The zero-order valence-corrected chi connectivity index (χ0v) is 24.5. The fourth-order valence-corrected chi connectivity index (χ4v) is 4.02. The summed E-state index contributed by atoms with van der Waals surface area (Å²) in [6.45, 7) is 9.09. The first-order valence-electron chi connectivity index (χ1n) is 13.8. The van der Waals surface area contributed by atoms with Crippen LogP contribution in [0, 0.1) is 18.6 Å². The van der Waals surface area contributed by atoms with E-state index in [0.717, 1.165) is 6.92 Å². The monoisotopic (exact) mass is 600 g/mol. The number of aromatic nitrogens is 3. The first kappa shape index (κ1) is 33.0. The minimum Gasteiger partial charge on any atom is -0.474 e. The van der Waals surface area contributed by atoms with Crippen molar-refractivity contribution in [3.8, 4) is 23.1 Å². The molecule has 42 heavy (non-hydrogen) atoms. The van der Waals surface area contributed by atoms with Gasteiger partial charge in [-0.2, -0.15) is 23.1 Å². The van der Waals surface area contributed by atoms with Crippen molar-refractivity contribution in [2.24, 2.45) is 0 Å². The van der Waals surface area contributed by atoms with E-state index in [1.165, 1.54) is 0 Å². The molecule has 1 unspecified atom stereocenters. The summed E-state index contributed by atoms with van der Waals surface area (Å²) >= 11 is 0. The van der Waals surface area contributed by atoms with E-state index in [-0.39, 0.29) is 29.7 Å². The lowest BCUT2D eigenvalue weighted by Gasteiger charge is -2.21. The predicted octanol–water partition coefficient (Wildman–Crippen LogP) is 5.62. The molecule has 2 heterocycles. The van der Waals surface area contributed by atoms with Gasteiger partial charge in [0.15, 0.2) is 5.82 Å². The largest absolute Gasteiger partial charge is 0.474 e. The van der Waals surface area contributed by atoms with E-state index < -0.39 is 63.1 Å². The molecule has 0 saturated heterocycles. The summed E-state index contributed by atoms with van der Waals surface area (Å²) in [6.07, 6.45) is -4.02. The number of hydrogen-bond donors (Lipinski definition) is 4. The lowest BCUT2D eigenvalue weighted by molar-refractivity contribution is -0.137. The number of nitrogens with one attached hydrogen (secondary N) is 2. The molecule has 3 aromatic rings. The molecule has 1 atom stereocenters. The molecular formula is C28H37F5N6O3. The molecule has 0 bridgehead atoms. The second-order valence-corrected chi connectivity index (χ2v) is 9.86. The summed E-state index contributed by atoms with van der Waals surface area (Å²) in [5.74, 6) is -2.66. The summed E-state index contributed by atoms with van der Waals surface area (Å²) in [5.41, 5.74) is -0.187. The second kappa shape index (κ2) is 13.2. The number of likely N-dealkylation sites (N-methyl/N-ethyl adjacent to an activating group) is 1. The molecule has 232 valence electrons. The van der Waals surface area contributed by atoms with Crippen LogP contribution in [-0.2, 0) is 6.18 Å². The third kappa shape index (κ3) is 7.09. The van der Waals surface area contributed by atoms with Crippen molar-refractivity contribution in [3.05, 3.63) is 28.8 Å². The van der Waals surface area contributed by atoms with Crippen LogP contribution >= 0.6 is 0 Å². The highest BCUT2D eigenvalue weighted by Crippen LogP contribution is 2.45. The highest BCUT2D eigenvalue weighted by Gasteiger charge is 2.42. The van der Waals surface area contributed by atoms with Crippen LogP contribution in [0.25, 0.3) is 22.2 Å². The molecule has 1 aromatic carbocycles. The summed E-state index contributed by atoms with van der Waals surface area (Å²) < 4.78 is 84.7. The van der Waals surface area contributed by atoms with Crippen molar-refractivity contribution in [2.75, 3.05) is 37.8 Å². The van der Waals surface area contributed by atoms with E-state index in [1.54, 1.807) is 14.0 Å². The van der Waals surface area contributed by atoms with Crippen LogP contribution in [0.5, 0.6) is 11.9 Å². The van der Waals surface area contributed by atoms with Gasteiger partial charge in [0.05, 0.1) is 23.0 Å². The first-order chi connectivity index (χ1) is 19.8. The van der Waals surface area contributed by atoms with Gasteiger partial charge in [-0.3, -0.25) is 0 Å². The topological polar surface area (TPSA) is 127 Å². The second-order valence-electron chi connectivity index (χ2n) is 9.86. The quantitative estimate of drug-likeness (QED) is 0.126. The molecule has 2 aromatic heterocycles. The van der Waals surface area contributed by atoms with Gasteiger partial charge in [0, 0.05) is 18.7 Å². The molecule has 4 rings (SSSR count). The van der Waals surface area contributed by atoms with E-state index in [9.17, 15) is 22.7 Å². The highest BCUT2D eigenvalue weighted by atomic mass is 19.4. The van der Waals surface area contributed by atoms with E-state index in [4.69, 9.17) is 15.2 Å². The maximum absolute atomic E-state index is 16.3. The molecule has 14 heteroatoms. The van der Waals surface area contributed by atoms with Gasteiger partial charge < -0.3 is 30.9 Å². The molecule has 5 N–H and O–H groups in total. The minimum atomic E-state index is -5.06. The van der Waals surface area contributed by atoms with Crippen LogP contribution in [0.3, 0.4) is 0 Å². The van der Waals surface area contributed by atoms with Crippen molar-refractivity contribution >= 4 is 22.4 Å². The Balaban J connectivity index is 0.00000237. The van der Waals surface area contributed by atoms with Gasteiger partial charge in [-0.1, -0.05) is 20.8 Å². The van der Waals surface area contributed by atoms with Crippen molar-refractivity contribution in [1.29, 1.82) is 0 Å². The number of nitrogens with zero attached hydrogens (tertiary/aromatic N) is 3.